The van der Waals surface area contributed by atoms with E-state index in [9.17, 15) is 4.79 Å². The van der Waals surface area contributed by atoms with Crippen molar-refractivity contribution in [1.29, 1.82) is 5.26 Å². The first kappa shape index (κ1) is 17.4. The molecule has 8 nitrogen and oxygen atoms in total. The van der Waals surface area contributed by atoms with Gasteiger partial charge < -0.3 is 10.3 Å². The van der Waals surface area contributed by atoms with Gasteiger partial charge in [0.25, 0.3) is 0 Å². The van der Waals surface area contributed by atoms with Crippen molar-refractivity contribution in [2.45, 2.75) is 13.8 Å². The van der Waals surface area contributed by atoms with E-state index in [-0.39, 0.29) is 0 Å². The lowest BCUT2D eigenvalue weighted by Gasteiger charge is -2.14. The van der Waals surface area contributed by atoms with E-state index in [4.69, 9.17) is 5.26 Å². The topological polar surface area (TPSA) is 123 Å². The molecule has 0 saturated carbocycles. The molecule has 8 heteroatoms. The zero-order valence-corrected chi connectivity index (χ0v) is 15.3. The van der Waals surface area contributed by atoms with E-state index in [1.54, 1.807) is 38.4 Å². The number of hydrogen-bond donors (Lipinski definition) is 3. The quantitative estimate of drug-likeness (QED) is 0.506. The molecule has 0 aliphatic heterocycles. The second-order valence-electron chi connectivity index (χ2n) is 6.93. The van der Waals surface area contributed by atoms with Crippen LogP contribution in [0.25, 0.3) is 33.5 Å². The summed E-state index contributed by atoms with van der Waals surface area (Å²) in [4.78, 5) is 24.4. The molecule has 4 rings (SSSR count). The number of fused-ring (bicyclic) bond motifs is 1. The lowest BCUT2D eigenvalue weighted by molar-refractivity contribution is -0.121. The number of rotatable bonds is 4. The molecule has 3 N–H and O–H groups in total. The summed E-state index contributed by atoms with van der Waals surface area (Å²) in [5.41, 5.74) is 2.99. The van der Waals surface area contributed by atoms with Crippen molar-refractivity contribution in [2.75, 3.05) is 5.32 Å². The van der Waals surface area contributed by atoms with Gasteiger partial charge in [-0.3, -0.25) is 9.89 Å². The zero-order valence-electron chi connectivity index (χ0n) is 15.3. The fraction of sp³-hybridized carbons (Fsp3) is 0.150. The number of pyridine rings is 2. The zero-order chi connectivity index (χ0) is 19.7. The maximum atomic E-state index is 12.2. The fourth-order valence-corrected chi connectivity index (χ4v) is 2.70. The van der Waals surface area contributed by atoms with Gasteiger partial charge in [0.05, 0.1) is 23.7 Å². The summed E-state index contributed by atoms with van der Waals surface area (Å²) >= 11 is 0. The SMILES string of the molecule is CC(C)(C#N)C(=O)Nc1cccc(-c2cnc3[nH]c(-c4cn[nH]c4)cc3c2)n1. The van der Waals surface area contributed by atoms with Crippen LogP contribution < -0.4 is 5.32 Å². The molecule has 0 aromatic carbocycles. The van der Waals surface area contributed by atoms with Crippen LogP contribution in [0.5, 0.6) is 0 Å². The molecular formula is C20H17N7O. The predicted molar refractivity (Wildman–Crippen MR) is 105 cm³/mol. The summed E-state index contributed by atoms with van der Waals surface area (Å²) in [6.07, 6.45) is 5.27. The van der Waals surface area contributed by atoms with Crippen LogP contribution in [0.2, 0.25) is 0 Å². The molecule has 0 spiro atoms. The van der Waals surface area contributed by atoms with Gasteiger partial charge in [-0.25, -0.2) is 9.97 Å². The van der Waals surface area contributed by atoms with Gasteiger partial charge in [-0.05, 0) is 38.1 Å². The number of H-pyrrole nitrogens is 2. The van der Waals surface area contributed by atoms with Gasteiger partial charge in [0.2, 0.25) is 5.91 Å². The molecule has 0 aliphatic carbocycles. The molecular weight excluding hydrogens is 354 g/mol. The second-order valence-corrected chi connectivity index (χ2v) is 6.93. The largest absolute Gasteiger partial charge is 0.339 e. The number of nitrogens with zero attached hydrogens (tertiary/aromatic N) is 4. The second kappa shape index (κ2) is 6.63. The van der Waals surface area contributed by atoms with Crippen molar-refractivity contribution in [2.24, 2.45) is 5.41 Å². The lowest BCUT2D eigenvalue weighted by atomic mass is 9.95. The number of anilines is 1. The van der Waals surface area contributed by atoms with E-state index in [1.165, 1.54) is 0 Å². The average molecular weight is 371 g/mol. The number of carbonyl (C=O) groups excluding carboxylic acids is 1. The smallest absolute Gasteiger partial charge is 0.245 e. The van der Waals surface area contributed by atoms with Gasteiger partial charge >= 0.3 is 0 Å². The van der Waals surface area contributed by atoms with Gasteiger partial charge in [-0.15, -0.1) is 0 Å². The van der Waals surface area contributed by atoms with E-state index >= 15 is 0 Å². The summed E-state index contributed by atoms with van der Waals surface area (Å²) in [6, 6.07) is 11.3. The molecule has 4 aromatic rings. The van der Waals surface area contributed by atoms with E-state index in [0.29, 0.717) is 11.5 Å². The number of hydrogen-bond acceptors (Lipinski definition) is 5. The van der Waals surface area contributed by atoms with Crippen molar-refractivity contribution in [3.63, 3.8) is 0 Å². The molecule has 0 bridgehead atoms. The van der Waals surface area contributed by atoms with Crippen molar-refractivity contribution in [3.05, 3.63) is 48.9 Å². The highest BCUT2D eigenvalue weighted by Gasteiger charge is 2.27. The Hall–Kier alpha value is -3.99. The Morgan fingerprint density at radius 2 is 2.07 bits per heavy atom. The van der Waals surface area contributed by atoms with Gasteiger partial charge in [0.15, 0.2) is 0 Å². The number of amides is 1. The van der Waals surface area contributed by atoms with E-state index in [2.05, 4.69) is 30.5 Å². The van der Waals surface area contributed by atoms with Gasteiger partial charge in [0.1, 0.15) is 16.9 Å². The monoisotopic (exact) mass is 371 g/mol. The van der Waals surface area contributed by atoms with Crippen LogP contribution in [0.15, 0.2) is 48.9 Å². The predicted octanol–water partition coefficient (Wildman–Crippen LogP) is 3.50. The highest BCUT2D eigenvalue weighted by Crippen LogP contribution is 2.26. The van der Waals surface area contributed by atoms with E-state index < -0.39 is 11.3 Å². The van der Waals surface area contributed by atoms with Crippen molar-refractivity contribution in [1.82, 2.24) is 25.1 Å². The molecule has 0 aliphatic rings. The third-order valence-corrected chi connectivity index (χ3v) is 4.41. The number of aromatic nitrogens is 5. The minimum atomic E-state index is -1.13. The standard InChI is InChI=1S/C20H17N7O/c1-20(2,11-21)19(28)27-17-5-3-4-15(25-17)13-6-12-7-16(14-9-23-24-10-14)26-18(12)22-8-13/h3-10H,1-2H3,(H,22,26)(H,23,24)(H,25,27,28). The highest BCUT2D eigenvalue weighted by molar-refractivity contribution is 5.96. The molecule has 1 amide bonds. The Balaban J connectivity index is 1.65. The average Bonchev–Trinajstić information content (AvgIpc) is 3.37. The van der Waals surface area contributed by atoms with Crippen LogP contribution in [0, 0.1) is 16.7 Å². The highest BCUT2D eigenvalue weighted by atomic mass is 16.2. The minimum absolute atomic E-state index is 0.388. The summed E-state index contributed by atoms with van der Waals surface area (Å²) in [7, 11) is 0. The summed E-state index contributed by atoms with van der Waals surface area (Å²) < 4.78 is 0. The minimum Gasteiger partial charge on any atom is -0.339 e. The number of nitrogens with one attached hydrogen (secondary N) is 3. The summed E-state index contributed by atoms with van der Waals surface area (Å²) in [6.45, 7) is 3.13. The third-order valence-electron chi connectivity index (χ3n) is 4.41. The first-order valence-electron chi connectivity index (χ1n) is 8.64. The van der Waals surface area contributed by atoms with Crippen LogP contribution in [0.1, 0.15) is 13.8 Å². The Morgan fingerprint density at radius 1 is 1.21 bits per heavy atom. The third kappa shape index (κ3) is 3.21. The number of carbonyl (C=O) groups is 1. The summed E-state index contributed by atoms with van der Waals surface area (Å²) in [5.74, 6) is -0.0114. The Morgan fingerprint density at radius 3 is 2.82 bits per heavy atom. The molecule has 0 unspecified atom stereocenters. The van der Waals surface area contributed by atoms with Gasteiger partial charge in [0, 0.05) is 28.9 Å². The molecule has 0 fully saturated rings. The van der Waals surface area contributed by atoms with Crippen LogP contribution >= 0.6 is 0 Å². The Bertz CT molecular complexity index is 1200. The van der Waals surface area contributed by atoms with E-state index in [1.807, 2.05) is 30.5 Å². The molecule has 28 heavy (non-hydrogen) atoms. The van der Waals surface area contributed by atoms with E-state index in [0.717, 1.165) is 27.9 Å². The molecule has 4 heterocycles. The maximum Gasteiger partial charge on any atom is 0.245 e. The fourth-order valence-electron chi connectivity index (χ4n) is 2.70. The Kier molecular flexibility index (Phi) is 4.12. The Labute approximate surface area is 160 Å². The number of nitriles is 1. The maximum absolute atomic E-state index is 12.2. The lowest BCUT2D eigenvalue weighted by Crippen LogP contribution is -2.29. The van der Waals surface area contributed by atoms with Gasteiger partial charge in [-0.2, -0.15) is 10.4 Å². The molecule has 0 saturated heterocycles. The molecule has 138 valence electrons. The van der Waals surface area contributed by atoms with Crippen LogP contribution in [0.3, 0.4) is 0 Å². The normalized spacial score (nSPS) is 11.3. The molecule has 0 atom stereocenters. The van der Waals surface area contributed by atoms with Crippen molar-refractivity contribution < 1.29 is 4.79 Å². The molecule has 4 aromatic heterocycles. The summed E-state index contributed by atoms with van der Waals surface area (Å²) in [5, 5.41) is 19.5. The van der Waals surface area contributed by atoms with Crippen molar-refractivity contribution in [3.8, 4) is 28.6 Å². The van der Waals surface area contributed by atoms with Gasteiger partial charge in [-0.1, -0.05) is 6.07 Å². The molecule has 0 radical (unpaired) electrons. The van der Waals surface area contributed by atoms with Crippen molar-refractivity contribution >= 4 is 22.8 Å². The number of aromatic amines is 2. The van der Waals surface area contributed by atoms with Crippen LogP contribution in [-0.2, 0) is 4.79 Å². The first-order chi connectivity index (χ1) is 13.5. The van der Waals surface area contributed by atoms with Crippen LogP contribution in [-0.4, -0.2) is 31.1 Å². The van der Waals surface area contributed by atoms with Crippen LogP contribution in [0.4, 0.5) is 5.82 Å². The first-order valence-corrected chi connectivity index (χ1v) is 8.64.